The van der Waals surface area contributed by atoms with E-state index >= 15 is 0 Å². The lowest BCUT2D eigenvalue weighted by molar-refractivity contribution is 0.0943. The van der Waals surface area contributed by atoms with Crippen LogP contribution in [0.1, 0.15) is 23.2 Å². The van der Waals surface area contributed by atoms with Gasteiger partial charge in [-0.15, -0.1) is 0 Å². The van der Waals surface area contributed by atoms with Gasteiger partial charge in [-0.1, -0.05) is 0 Å². The second-order valence-corrected chi connectivity index (χ2v) is 7.67. The minimum Gasteiger partial charge on any atom is -0.496 e. The molecule has 158 valence electrons. The molecule has 7 nitrogen and oxygen atoms in total. The molecule has 4 rings (SSSR count). The fourth-order valence-electron chi connectivity index (χ4n) is 3.21. The van der Waals surface area contributed by atoms with E-state index in [1.54, 1.807) is 12.3 Å². The van der Waals surface area contributed by atoms with E-state index in [4.69, 9.17) is 9.47 Å². The molecule has 1 amide bonds. The zero-order chi connectivity index (χ0) is 21.3. The van der Waals surface area contributed by atoms with Crippen LogP contribution in [0.5, 0.6) is 11.5 Å². The molecule has 0 bridgehead atoms. The maximum Gasteiger partial charge on any atom is 0.258 e. The average Bonchev–Trinajstić information content (AvgIpc) is 3.42. The number of carbonyl (C=O) groups excluding carboxylic acids is 1. The van der Waals surface area contributed by atoms with Gasteiger partial charge in [0.1, 0.15) is 35.1 Å². The van der Waals surface area contributed by atoms with E-state index in [1.807, 2.05) is 41.7 Å². The van der Waals surface area contributed by atoms with E-state index in [0.29, 0.717) is 23.5 Å². The van der Waals surface area contributed by atoms with Gasteiger partial charge in [0, 0.05) is 30.4 Å². The molecule has 30 heavy (non-hydrogen) atoms. The highest BCUT2D eigenvalue weighted by atomic mass is 19.1. The Morgan fingerprint density at radius 3 is 2.83 bits per heavy atom. The number of hydrogen-bond donors (Lipinski definition) is 1. The van der Waals surface area contributed by atoms with E-state index in [1.165, 1.54) is 13.2 Å². The first kappa shape index (κ1) is 20.2. The molecule has 0 saturated heterocycles. The topological polar surface area (TPSA) is 68.1 Å². The van der Waals surface area contributed by atoms with E-state index in [-0.39, 0.29) is 17.4 Å². The van der Waals surface area contributed by atoms with Gasteiger partial charge in [0.15, 0.2) is 0 Å². The van der Waals surface area contributed by atoms with E-state index in [0.717, 1.165) is 25.1 Å². The van der Waals surface area contributed by atoms with Gasteiger partial charge in [0.25, 0.3) is 5.91 Å². The average molecular weight is 412 g/mol. The lowest BCUT2D eigenvalue weighted by Gasteiger charge is -2.13. The lowest BCUT2D eigenvalue weighted by atomic mass is 10.1. The molecule has 1 saturated carbocycles. The molecule has 0 spiro atoms. The monoisotopic (exact) mass is 412 g/mol. The quantitative estimate of drug-likeness (QED) is 0.616. The van der Waals surface area contributed by atoms with Crippen molar-refractivity contribution in [2.24, 2.45) is 0 Å². The molecule has 2 aromatic heterocycles. The summed E-state index contributed by atoms with van der Waals surface area (Å²) in [6.45, 7) is 1.38. The van der Waals surface area contributed by atoms with Crippen LogP contribution in [0.15, 0.2) is 36.7 Å². The van der Waals surface area contributed by atoms with Crippen LogP contribution in [0.2, 0.25) is 0 Å². The Bertz CT molecular complexity index is 1080. The minimum atomic E-state index is -0.624. The zero-order valence-corrected chi connectivity index (χ0v) is 17.3. The predicted octanol–water partition coefficient (Wildman–Crippen LogP) is 2.98. The fraction of sp³-hybridized carbons (Fsp3) is 0.364. The standard InChI is InChI=1S/C22H25FN4O3/c1-26(2)8-9-30-16-6-7-27-18(13-24-20(27)12-16)14-10-17(23)21(19(11-14)29-3)22(28)25-15-4-5-15/h6-7,10-13,15H,4-5,8-9H2,1-3H3,(H,25,28). The van der Waals surface area contributed by atoms with Gasteiger partial charge >= 0.3 is 0 Å². The molecule has 0 radical (unpaired) electrons. The van der Waals surface area contributed by atoms with Crippen molar-refractivity contribution in [1.29, 1.82) is 0 Å². The molecular weight excluding hydrogens is 387 g/mol. The molecule has 1 aromatic carbocycles. The van der Waals surface area contributed by atoms with Crippen molar-refractivity contribution in [2.75, 3.05) is 34.4 Å². The van der Waals surface area contributed by atoms with E-state index in [9.17, 15) is 9.18 Å². The number of benzene rings is 1. The van der Waals surface area contributed by atoms with Crippen molar-refractivity contribution in [3.8, 4) is 22.8 Å². The summed E-state index contributed by atoms with van der Waals surface area (Å²) in [6.07, 6.45) is 5.35. The number of nitrogens with one attached hydrogen (secondary N) is 1. The number of fused-ring (bicyclic) bond motifs is 1. The highest BCUT2D eigenvalue weighted by Gasteiger charge is 2.27. The Balaban J connectivity index is 1.63. The normalized spacial score (nSPS) is 13.6. The smallest absolute Gasteiger partial charge is 0.258 e. The van der Waals surface area contributed by atoms with Crippen molar-refractivity contribution in [1.82, 2.24) is 19.6 Å². The fourth-order valence-corrected chi connectivity index (χ4v) is 3.21. The molecule has 0 aliphatic heterocycles. The van der Waals surface area contributed by atoms with Gasteiger partial charge in [0.2, 0.25) is 0 Å². The number of imidazole rings is 1. The van der Waals surface area contributed by atoms with E-state index in [2.05, 4.69) is 10.3 Å². The number of ether oxygens (including phenoxy) is 2. The third-order valence-electron chi connectivity index (χ3n) is 5.00. The summed E-state index contributed by atoms with van der Waals surface area (Å²) in [5, 5.41) is 2.81. The van der Waals surface area contributed by atoms with Crippen molar-refractivity contribution >= 4 is 11.6 Å². The van der Waals surface area contributed by atoms with Gasteiger partial charge in [-0.05, 0) is 45.1 Å². The van der Waals surface area contributed by atoms with Crippen LogP contribution in [0, 0.1) is 5.82 Å². The third kappa shape index (κ3) is 4.23. The van der Waals surface area contributed by atoms with Crippen molar-refractivity contribution in [2.45, 2.75) is 18.9 Å². The second-order valence-electron chi connectivity index (χ2n) is 7.67. The zero-order valence-electron chi connectivity index (χ0n) is 17.3. The molecule has 0 unspecified atom stereocenters. The summed E-state index contributed by atoms with van der Waals surface area (Å²) in [5.74, 6) is -0.156. The summed E-state index contributed by atoms with van der Waals surface area (Å²) in [6, 6.07) is 6.82. The summed E-state index contributed by atoms with van der Waals surface area (Å²) >= 11 is 0. The second kappa shape index (κ2) is 8.31. The molecule has 1 fully saturated rings. The molecule has 1 N–H and O–H groups in total. The van der Waals surface area contributed by atoms with Gasteiger partial charge in [-0.25, -0.2) is 9.37 Å². The van der Waals surface area contributed by atoms with Crippen LogP contribution in [0.3, 0.4) is 0 Å². The molecule has 1 aliphatic carbocycles. The van der Waals surface area contributed by atoms with Gasteiger partial charge in [-0.2, -0.15) is 0 Å². The van der Waals surface area contributed by atoms with Crippen molar-refractivity contribution in [3.63, 3.8) is 0 Å². The van der Waals surface area contributed by atoms with Crippen molar-refractivity contribution in [3.05, 3.63) is 48.0 Å². The maximum atomic E-state index is 14.9. The molecule has 3 aromatic rings. The summed E-state index contributed by atoms with van der Waals surface area (Å²) < 4.78 is 27.8. The van der Waals surface area contributed by atoms with Crippen LogP contribution in [-0.4, -0.2) is 60.6 Å². The molecule has 1 aliphatic rings. The van der Waals surface area contributed by atoms with Crippen LogP contribution < -0.4 is 14.8 Å². The molecular formula is C22H25FN4O3. The van der Waals surface area contributed by atoms with Crippen molar-refractivity contribution < 1.29 is 18.7 Å². The molecule has 8 heteroatoms. The Morgan fingerprint density at radius 1 is 1.33 bits per heavy atom. The maximum absolute atomic E-state index is 14.9. The Morgan fingerprint density at radius 2 is 2.13 bits per heavy atom. The lowest BCUT2D eigenvalue weighted by Crippen LogP contribution is -2.26. The minimum absolute atomic E-state index is 0.0708. The number of nitrogens with zero attached hydrogens (tertiary/aromatic N) is 3. The Hall–Kier alpha value is -3.13. The van der Waals surface area contributed by atoms with E-state index < -0.39 is 11.7 Å². The number of rotatable bonds is 8. The van der Waals surface area contributed by atoms with Crippen LogP contribution in [0.4, 0.5) is 4.39 Å². The predicted molar refractivity (Wildman–Crippen MR) is 112 cm³/mol. The summed E-state index contributed by atoms with van der Waals surface area (Å²) in [5.41, 5.74) is 1.87. The molecule has 0 atom stereocenters. The number of aromatic nitrogens is 2. The van der Waals surface area contributed by atoms with Gasteiger partial charge in [0.05, 0.1) is 19.0 Å². The number of pyridine rings is 1. The molecule has 2 heterocycles. The Labute approximate surface area is 174 Å². The summed E-state index contributed by atoms with van der Waals surface area (Å²) in [7, 11) is 5.40. The number of amides is 1. The number of likely N-dealkylation sites (N-methyl/N-ethyl adjacent to an activating group) is 1. The SMILES string of the molecule is COc1cc(-c2cnc3cc(OCCN(C)C)ccn23)cc(F)c1C(=O)NC1CC1. The van der Waals surface area contributed by atoms with Gasteiger partial charge in [-0.3, -0.25) is 9.20 Å². The number of hydrogen-bond acceptors (Lipinski definition) is 5. The number of carbonyl (C=O) groups is 1. The highest BCUT2D eigenvalue weighted by molar-refractivity contribution is 5.98. The number of methoxy groups -OCH3 is 1. The number of halogens is 1. The van der Waals surface area contributed by atoms with Crippen LogP contribution in [0.25, 0.3) is 16.9 Å². The first-order valence-corrected chi connectivity index (χ1v) is 9.89. The Kier molecular flexibility index (Phi) is 5.59. The van der Waals surface area contributed by atoms with Crippen LogP contribution in [-0.2, 0) is 0 Å². The summed E-state index contributed by atoms with van der Waals surface area (Å²) in [4.78, 5) is 18.9. The van der Waals surface area contributed by atoms with Gasteiger partial charge < -0.3 is 19.7 Å². The highest BCUT2D eigenvalue weighted by Crippen LogP contribution is 2.31. The largest absolute Gasteiger partial charge is 0.496 e. The first-order chi connectivity index (χ1) is 14.5. The first-order valence-electron chi connectivity index (χ1n) is 9.89. The van der Waals surface area contributed by atoms with Crippen LogP contribution >= 0.6 is 0 Å². The third-order valence-corrected chi connectivity index (χ3v) is 5.00.